The van der Waals surface area contributed by atoms with E-state index in [9.17, 15) is 4.79 Å². The number of amides is 1. The summed E-state index contributed by atoms with van der Waals surface area (Å²) >= 11 is 0. The van der Waals surface area contributed by atoms with E-state index in [1.165, 1.54) is 0 Å². The lowest BCUT2D eigenvalue weighted by molar-refractivity contribution is -0.112. The normalized spacial score (nSPS) is 11.1. The fraction of sp³-hybridized carbons (Fsp3) is 0.222. The monoisotopic (exact) mass is 177 g/mol. The molecule has 4 nitrogen and oxygen atoms in total. The Labute approximate surface area is 76.7 Å². The Morgan fingerprint density at radius 3 is 2.92 bits per heavy atom. The van der Waals surface area contributed by atoms with Crippen molar-refractivity contribution in [2.24, 2.45) is 0 Å². The predicted molar refractivity (Wildman–Crippen MR) is 50.1 cm³/mol. The van der Waals surface area contributed by atoms with E-state index in [0.717, 1.165) is 0 Å². The first-order valence-electron chi connectivity index (χ1n) is 3.96. The first-order valence-corrected chi connectivity index (χ1v) is 3.96. The second-order valence-electron chi connectivity index (χ2n) is 2.53. The highest BCUT2D eigenvalue weighted by molar-refractivity contribution is 6.02. The van der Waals surface area contributed by atoms with Crippen LogP contribution in [0.5, 0.6) is 0 Å². The summed E-state index contributed by atoms with van der Waals surface area (Å²) in [5, 5.41) is 9.98. The van der Waals surface area contributed by atoms with Gasteiger partial charge in [0.25, 0.3) is 5.91 Å². The van der Waals surface area contributed by atoms with E-state index < -0.39 is 0 Å². The van der Waals surface area contributed by atoms with E-state index in [2.05, 4.69) is 15.5 Å². The van der Waals surface area contributed by atoms with Crippen LogP contribution >= 0.6 is 0 Å². The maximum absolute atomic E-state index is 11.3. The number of anilines is 1. The molecular formula is C9H11N3O. The molecule has 0 fully saturated rings. The maximum Gasteiger partial charge on any atom is 0.252 e. The third-order valence-electron chi connectivity index (χ3n) is 1.61. The molecule has 0 aliphatic carbocycles. The largest absolute Gasteiger partial charge is 0.305 e. The van der Waals surface area contributed by atoms with E-state index in [1.54, 1.807) is 31.3 Å². The molecule has 0 spiro atoms. The molecule has 0 unspecified atom stereocenters. The van der Waals surface area contributed by atoms with Crippen LogP contribution in [0.4, 0.5) is 5.82 Å². The molecule has 1 heterocycles. The van der Waals surface area contributed by atoms with Crippen molar-refractivity contribution in [1.29, 1.82) is 0 Å². The van der Waals surface area contributed by atoms with Gasteiger partial charge in [0.15, 0.2) is 5.82 Å². The molecule has 68 valence electrons. The topological polar surface area (TPSA) is 54.9 Å². The number of allylic oxidation sites excluding steroid dienone is 1. The van der Waals surface area contributed by atoms with E-state index in [4.69, 9.17) is 0 Å². The third-order valence-corrected chi connectivity index (χ3v) is 1.61. The van der Waals surface area contributed by atoms with Crippen molar-refractivity contribution in [3.8, 4) is 0 Å². The number of hydrogen-bond donors (Lipinski definition) is 1. The Hall–Kier alpha value is -1.71. The van der Waals surface area contributed by atoms with Crippen molar-refractivity contribution in [3.63, 3.8) is 0 Å². The van der Waals surface area contributed by atoms with Gasteiger partial charge in [0, 0.05) is 11.8 Å². The van der Waals surface area contributed by atoms with Crippen molar-refractivity contribution >= 4 is 11.7 Å². The van der Waals surface area contributed by atoms with Crippen LogP contribution in [0.25, 0.3) is 0 Å². The number of rotatable bonds is 2. The smallest absolute Gasteiger partial charge is 0.252 e. The molecule has 1 amide bonds. The Morgan fingerprint density at radius 2 is 2.38 bits per heavy atom. The summed E-state index contributed by atoms with van der Waals surface area (Å²) in [6, 6.07) is 3.40. The van der Waals surface area contributed by atoms with Gasteiger partial charge in [-0.3, -0.25) is 4.79 Å². The van der Waals surface area contributed by atoms with Crippen molar-refractivity contribution in [1.82, 2.24) is 10.2 Å². The van der Waals surface area contributed by atoms with Crippen LogP contribution in [0.1, 0.15) is 13.8 Å². The molecule has 0 saturated carbocycles. The summed E-state index contributed by atoms with van der Waals surface area (Å²) in [6.07, 6.45) is 3.30. The van der Waals surface area contributed by atoms with Crippen LogP contribution in [0, 0.1) is 0 Å². The van der Waals surface area contributed by atoms with Gasteiger partial charge in [-0.15, -0.1) is 5.10 Å². The second-order valence-corrected chi connectivity index (χ2v) is 2.53. The molecule has 0 aliphatic rings. The number of carbonyl (C=O) groups is 1. The van der Waals surface area contributed by atoms with Gasteiger partial charge in [0.1, 0.15) is 0 Å². The Balaban J connectivity index is 2.66. The van der Waals surface area contributed by atoms with Gasteiger partial charge in [-0.05, 0) is 26.0 Å². The molecule has 1 aromatic heterocycles. The number of carbonyl (C=O) groups excluding carboxylic acids is 1. The molecule has 1 N–H and O–H groups in total. The molecule has 0 radical (unpaired) electrons. The van der Waals surface area contributed by atoms with Crippen LogP contribution < -0.4 is 5.32 Å². The Bertz CT molecular complexity index is 319. The van der Waals surface area contributed by atoms with E-state index in [-0.39, 0.29) is 5.91 Å². The fourth-order valence-corrected chi connectivity index (χ4v) is 0.714. The van der Waals surface area contributed by atoms with Crippen molar-refractivity contribution in [2.45, 2.75) is 13.8 Å². The zero-order valence-corrected chi connectivity index (χ0v) is 7.61. The average Bonchev–Trinajstić information content (AvgIpc) is 2.18. The zero-order chi connectivity index (χ0) is 9.68. The quantitative estimate of drug-likeness (QED) is 0.694. The molecule has 13 heavy (non-hydrogen) atoms. The number of hydrogen-bond acceptors (Lipinski definition) is 3. The van der Waals surface area contributed by atoms with Gasteiger partial charge in [-0.1, -0.05) is 6.08 Å². The first-order chi connectivity index (χ1) is 6.24. The molecule has 0 atom stereocenters. The molecule has 1 rings (SSSR count). The molecule has 0 aromatic carbocycles. The summed E-state index contributed by atoms with van der Waals surface area (Å²) in [6.45, 7) is 3.55. The second kappa shape index (κ2) is 4.35. The minimum absolute atomic E-state index is 0.150. The highest BCUT2D eigenvalue weighted by Crippen LogP contribution is 2.01. The molecule has 0 saturated heterocycles. The standard InChI is InChI=1S/C9H11N3O/c1-3-7(2)9(13)11-8-5-4-6-10-12-8/h3-6H,1-2H3,(H,11,12,13)/b7-3-. The van der Waals surface area contributed by atoms with Crippen molar-refractivity contribution < 1.29 is 4.79 Å². The van der Waals surface area contributed by atoms with E-state index in [0.29, 0.717) is 11.4 Å². The lowest BCUT2D eigenvalue weighted by Gasteiger charge is -2.01. The van der Waals surface area contributed by atoms with Gasteiger partial charge < -0.3 is 5.32 Å². The van der Waals surface area contributed by atoms with E-state index in [1.807, 2.05) is 6.92 Å². The molecule has 4 heteroatoms. The molecule has 0 bridgehead atoms. The van der Waals surface area contributed by atoms with Gasteiger partial charge in [0.2, 0.25) is 0 Å². The van der Waals surface area contributed by atoms with E-state index >= 15 is 0 Å². The average molecular weight is 177 g/mol. The van der Waals surface area contributed by atoms with Crippen LogP contribution in [0.3, 0.4) is 0 Å². The minimum Gasteiger partial charge on any atom is -0.305 e. The predicted octanol–water partition coefficient (Wildman–Crippen LogP) is 1.38. The van der Waals surface area contributed by atoms with Gasteiger partial charge in [-0.2, -0.15) is 5.10 Å². The molecule has 0 aliphatic heterocycles. The van der Waals surface area contributed by atoms with Crippen molar-refractivity contribution in [3.05, 3.63) is 30.0 Å². The lowest BCUT2D eigenvalue weighted by Crippen LogP contribution is -2.13. The third kappa shape index (κ3) is 2.66. The number of nitrogens with zero attached hydrogens (tertiary/aromatic N) is 2. The van der Waals surface area contributed by atoms with Crippen LogP contribution in [-0.2, 0) is 4.79 Å². The molecular weight excluding hydrogens is 166 g/mol. The van der Waals surface area contributed by atoms with Gasteiger partial charge in [0.05, 0.1) is 0 Å². The summed E-state index contributed by atoms with van der Waals surface area (Å²) in [4.78, 5) is 11.3. The van der Waals surface area contributed by atoms with Crippen LogP contribution in [0.15, 0.2) is 30.0 Å². The SMILES string of the molecule is C/C=C(/C)C(=O)Nc1cccnn1. The lowest BCUT2D eigenvalue weighted by atomic mass is 10.3. The maximum atomic E-state index is 11.3. The first kappa shape index (κ1) is 9.38. The summed E-state index contributed by atoms with van der Waals surface area (Å²) in [5.74, 6) is 0.316. The highest BCUT2D eigenvalue weighted by atomic mass is 16.1. The summed E-state index contributed by atoms with van der Waals surface area (Å²) in [7, 11) is 0. The Morgan fingerprint density at radius 1 is 1.62 bits per heavy atom. The fourth-order valence-electron chi connectivity index (χ4n) is 0.714. The number of nitrogens with one attached hydrogen (secondary N) is 1. The number of aromatic nitrogens is 2. The Kier molecular flexibility index (Phi) is 3.14. The minimum atomic E-state index is -0.150. The van der Waals surface area contributed by atoms with Gasteiger partial charge in [-0.25, -0.2) is 0 Å². The molecule has 1 aromatic rings. The van der Waals surface area contributed by atoms with Gasteiger partial charge >= 0.3 is 0 Å². The highest BCUT2D eigenvalue weighted by Gasteiger charge is 2.03. The van der Waals surface area contributed by atoms with Crippen LogP contribution in [0.2, 0.25) is 0 Å². The summed E-state index contributed by atoms with van der Waals surface area (Å²) in [5.41, 5.74) is 0.658. The van der Waals surface area contributed by atoms with Crippen molar-refractivity contribution in [2.75, 3.05) is 5.32 Å². The zero-order valence-electron chi connectivity index (χ0n) is 7.61. The van der Waals surface area contributed by atoms with Crippen LogP contribution in [-0.4, -0.2) is 16.1 Å². The summed E-state index contributed by atoms with van der Waals surface area (Å²) < 4.78 is 0.